The number of hydrogen-bond acceptors (Lipinski definition) is 8. The molecule has 180 valence electrons. The molecule has 0 aromatic rings. The summed E-state index contributed by atoms with van der Waals surface area (Å²) in [5.41, 5.74) is -2.25. The topological polar surface area (TPSA) is 142 Å². The van der Waals surface area contributed by atoms with Crippen molar-refractivity contribution in [2.45, 2.75) is 38.4 Å². The van der Waals surface area contributed by atoms with E-state index >= 15 is 0 Å². The number of carboxylic acid groups (broad SMARTS) is 1. The number of nitrogens with one attached hydrogen (secondary N) is 1. The Morgan fingerprint density at radius 1 is 1.16 bits per heavy atom. The molecule has 0 bridgehead atoms. The minimum atomic E-state index is -1.23. The zero-order chi connectivity index (χ0) is 24.5. The fourth-order valence-corrected chi connectivity index (χ4v) is 4.19. The van der Waals surface area contributed by atoms with E-state index in [0.717, 1.165) is 0 Å². The molecule has 0 radical (unpaired) electrons. The van der Waals surface area contributed by atoms with E-state index in [1.165, 1.54) is 7.11 Å². The third-order valence-electron chi connectivity index (χ3n) is 4.88. The summed E-state index contributed by atoms with van der Waals surface area (Å²) in [4.78, 5) is 47.5. The van der Waals surface area contributed by atoms with Crippen molar-refractivity contribution >= 4 is 39.7 Å². The Morgan fingerprint density at radius 3 is 2.23 bits per heavy atom. The van der Waals surface area contributed by atoms with Crippen LogP contribution in [0, 0.1) is 10.8 Å². The van der Waals surface area contributed by atoms with E-state index in [0.29, 0.717) is 0 Å². The number of hydrogen-bond donors (Lipinski definition) is 2. The van der Waals surface area contributed by atoms with E-state index in [2.05, 4.69) is 21.2 Å². The van der Waals surface area contributed by atoms with E-state index in [-0.39, 0.29) is 50.2 Å². The Hall–Kier alpha value is -1.72. The number of nitrogens with zero attached hydrogens (tertiary/aromatic N) is 1. The number of carbonyl (C=O) groups is 4. The molecule has 31 heavy (non-hydrogen) atoms. The minimum absolute atomic E-state index is 0.0286. The number of ether oxygens (including phenoxy) is 2. The number of aliphatic carboxylic acids is 1. The second-order valence-electron chi connectivity index (χ2n) is 9.12. The van der Waals surface area contributed by atoms with Gasteiger partial charge >= 0.3 is 11.9 Å². The van der Waals surface area contributed by atoms with Crippen molar-refractivity contribution in [3.05, 3.63) is 0 Å². The molecule has 0 spiro atoms. The van der Waals surface area contributed by atoms with Gasteiger partial charge in [-0.15, -0.1) is 0 Å². The first kappa shape index (κ1) is 29.3. The highest BCUT2D eigenvalue weighted by Gasteiger charge is 2.45. The first-order valence-corrected chi connectivity index (χ1v) is 10.8. The van der Waals surface area contributed by atoms with Gasteiger partial charge in [-0.2, -0.15) is 0 Å². The third kappa shape index (κ3) is 10.4. The fraction of sp³-hybridized carbons (Fsp3) is 0.800. The minimum Gasteiger partial charge on any atom is -0.544 e. The van der Waals surface area contributed by atoms with E-state index < -0.39 is 39.5 Å². The van der Waals surface area contributed by atoms with Crippen LogP contribution in [0.25, 0.3) is 0 Å². The van der Waals surface area contributed by atoms with E-state index in [1.807, 2.05) is 0 Å². The van der Waals surface area contributed by atoms with Gasteiger partial charge in [-0.3, -0.25) is 14.4 Å². The van der Waals surface area contributed by atoms with Crippen LogP contribution in [-0.4, -0.2) is 92.3 Å². The first-order chi connectivity index (χ1) is 14.1. The van der Waals surface area contributed by atoms with Gasteiger partial charge in [-0.05, 0) is 33.6 Å². The molecule has 0 aliphatic rings. The smallest absolute Gasteiger partial charge is 0.312 e. The molecule has 11 heteroatoms. The second-order valence-corrected chi connectivity index (χ2v) is 10.2. The van der Waals surface area contributed by atoms with Crippen LogP contribution in [0.15, 0.2) is 0 Å². The van der Waals surface area contributed by atoms with Crippen molar-refractivity contribution in [1.29, 1.82) is 0 Å². The highest BCUT2D eigenvalue weighted by molar-refractivity contribution is 9.10. The summed E-state index contributed by atoms with van der Waals surface area (Å²) in [5, 5.41) is 22.2. The first-order valence-electron chi connectivity index (χ1n) is 9.90. The van der Waals surface area contributed by atoms with Crippen LogP contribution in [0.5, 0.6) is 0 Å². The Morgan fingerprint density at radius 2 is 1.74 bits per heavy atom. The highest BCUT2D eigenvalue weighted by Crippen LogP contribution is 2.40. The number of methoxy groups -OCH3 is 1. The number of quaternary nitrogens is 1. The van der Waals surface area contributed by atoms with Crippen molar-refractivity contribution < 1.29 is 43.3 Å². The fourth-order valence-electron chi connectivity index (χ4n) is 3.32. The summed E-state index contributed by atoms with van der Waals surface area (Å²) in [6.07, 6.45) is 0.0823. The summed E-state index contributed by atoms with van der Waals surface area (Å²) in [7, 11) is 4.60. The maximum atomic E-state index is 13.0. The Kier molecular flexibility index (Phi) is 11.7. The van der Waals surface area contributed by atoms with Gasteiger partial charge in [0.05, 0.1) is 49.4 Å². The summed E-state index contributed by atoms with van der Waals surface area (Å²) >= 11 is 3.27. The number of amides is 1. The second kappa shape index (κ2) is 12.4. The molecule has 0 heterocycles. The standard InChI is InChI=1S/C20H35BrN2O8/c1-19(2,17(28)30-6)13-20(3,11-14(21)16(27)22-7-9-24)18(29)31-10-8-23(4,5)12-15(25)26/h14,24H,7-13H2,1-6H3,(H-,22,25,26,27). The molecule has 1 amide bonds. The molecule has 0 saturated carbocycles. The third-order valence-corrected chi connectivity index (χ3v) is 5.61. The molecule has 0 rings (SSSR count). The van der Waals surface area contributed by atoms with E-state index in [1.54, 1.807) is 34.9 Å². The maximum absolute atomic E-state index is 13.0. The quantitative estimate of drug-likeness (QED) is 0.176. The molecule has 0 aliphatic carbocycles. The average molecular weight is 511 g/mol. The lowest BCUT2D eigenvalue weighted by Crippen LogP contribution is -2.50. The van der Waals surface area contributed by atoms with Gasteiger partial charge < -0.3 is 34.3 Å². The van der Waals surface area contributed by atoms with Crippen LogP contribution in [0.3, 0.4) is 0 Å². The summed E-state index contributed by atoms with van der Waals surface area (Å²) in [5.74, 6) is -2.74. The number of carbonyl (C=O) groups excluding carboxylic acids is 4. The molecular formula is C20H35BrN2O8. The van der Waals surface area contributed by atoms with Crippen LogP contribution in [0.1, 0.15) is 33.6 Å². The zero-order valence-corrected chi connectivity index (χ0v) is 20.7. The number of halogens is 1. The average Bonchev–Trinajstić information content (AvgIpc) is 2.63. The van der Waals surface area contributed by atoms with Gasteiger partial charge in [0.15, 0.2) is 0 Å². The van der Waals surface area contributed by atoms with Crippen molar-refractivity contribution in [3.63, 3.8) is 0 Å². The molecular weight excluding hydrogens is 476 g/mol. The van der Waals surface area contributed by atoms with Crippen LogP contribution in [0.4, 0.5) is 0 Å². The van der Waals surface area contributed by atoms with Crippen LogP contribution < -0.4 is 10.4 Å². The van der Waals surface area contributed by atoms with Gasteiger partial charge in [0.25, 0.3) is 0 Å². The normalized spacial score (nSPS) is 14.8. The molecule has 10 nitrogen and oxygen atoms in total. The Bertz CT molecular complexity index is 653. The number of alkyl halides is 1. The Balaban J connectivity index is 5.45. The van der Waals surface area contributed by atoms with Crippen molar-refractivity contribution in [3.8, 4) is 0 Å². The van der Waals surface area contributed by atoms with Gasteiger partial charge in [0.1, 0.15) is 19.7 Å². The lowest BCUT2D eigenvalue weighted by Gasteiger charge is -2.36. The molecule has 0 aliphatic heterocycles. The van der Waals surface area contributed by atoms with Crippen molar-refractivity contribution in [2.75, 3.05) is 54.1 Å². The number of aliphatic hydroxyl groups is 1. The molecule has 0 aromatic carbocycles. The molecule has 2 unspecified atom stereocenters. The number of likely N-dealkylation sites (N-methyl/N-ethyl adjacent to an activating group) is 1. The van der Waals surface area contributed by atoms with Gasteiger partial charge in [0, 0.05) is 6.54 Å². The molecule has 0 aromatic heterocycles. The lowest BCUT2D eigenvalue weighted by molar-refractivity contribution is -0.884. The van der Waals surface area contributed by atoms with Crippen LogP contribution in [-0.2, 0) is 28.7 Å². The highest BCUT2D eigenvalue weighted by atomic mass is 79.9. The van der Waals surface area contributed by atoms with Crippen molar-refractivity contribution in [2.24, 2.45) is 10.8 Å². The van der Waals surface area contributed by atoms with Crippen LogP contribution in [0.2, 0.25) is 0 Å². The zero-order valence-electron chi connectivity index (χ0n) is 19.2. The van der Waals surface area contributed by atoms with E-state index in [9.17, 15) is 24.3 Å². The lowest BCUT2D eigenvalue weighted by atomic mass is 9.71. The largest absolute Gasteiger partial charge is 0.544 e. The number of esters is 2. The van der Waals surface area contributed by atoms with E-state index in [4.69, 9.17) is 14.6 Å². The van der Waals surface area contributed by atoms with Gasteiger partial charge in [-0.1, -0.05) is 15.9 Å². The van der Waals surface area contributed by atoms with Crippen LogP contribution >= 0.6 is 15.9 Å². The number of rotatable bonds is 14. The Labute approximate surface area is 192 Å². The summed E-state index contributed by atoms with van der Waals surface area (Å²) in [6.45, 7) is 4.69. The molecule has 0 saturated heterocycles. The predicted molar refractivity (Wildman–Crippen MR) is 114 cm³/mol. The maximum Gasteiger partial charge on any atom is 0.312 e. The molecule has 0 fully saturated rings. The summed E-state index contributed by atoms with van der Waals surface area (Å²) < 4.78 is 10.3. The summed E-state index contributed by atoms with van der Waals surface area (Å²) in [6, 6.07) is 0. The number of aliphatic hydroxyl groups excluding tert-OH is 1. The predicted octanol–water partition coefficient (Wildman–Crippen LogP) is -0.786. The molecule has 2 N–H and O–H groups in total. The SMILES string of the molecule is COC(=O)C(C)(C)CC(C)(CC(Br)C(=O)NCCO)C(=O)OCC[N+](C)(C)CC(=O)[O-]. The van der Waals surface area contributed by atoms with Crippen molar-refractivity contribution in [1.82, 2.24) is 5.32 Å². The monoisotopic (exact) mass is 510 g/mol. The molecule has 2 atom stereocenters. The number of carboxylic acids is 1. The van der Waals surface area contributed by atoms with Gasteiger partial charge in [-0.25, -0.2) is 0 Å². The van der Waals surface area contributed by atoms with Gasteiger partial charge in [0.2, 0.25) is 5.91 Å².